The molecule has 3 heterocycles. The summed E-state index contributed by atoms with van der Waals surface area (Å²) in [6, 6.07) is 5.44. The number of ether oxygens (including phenoxy) is 6. The summed E-state index contributed by atoms with van der Waals surface area (Å²) in [6.07, 6.45) is 10.5. The summed E-state index contributed by atoms with van der Waals surface area (Å²) in [7, 11) is 0. The van der Waals surface area contributed by atoms with Crippen molar-refractivity contribution < 1.29 is 38.3 Å². The van der Waals surface area contributed by atoms with Crippen molar-refractivity contribution in [1.29, 1.82) is 0 Å². The smallest absolute Gasteiger partial charge is 0.231 e. The van der Waals surface area contributed by atoms with Gasteiger partial charge in [-0.1, -0.05) is 70.8 Å². The molecule has 4 rings (SSSR count). The Morgan fingerprint density at radius 3 is 2.44 bits per heavy atom. The fourth-order valence-corrected chi connectivity index (χ4v) is 5.56. The van der Waals surface area contributed by atoms with Gasteiger partial charge in [-0.25, -0.2) is 0 Å². The molecule has 9 nitrogen and oxygen atoms in total. The predicted octanol–water partition coefficient (Wildman–Crippen LogP) is 4.62. The van der Waals surface area contributed by atoms with Crippen LogP contribution in [0, 0.1) is 0 Å². The Bertz CT molecular complexity index is 924. The fraction of sp³-hybridized carbons (Fsp3) is 0.767. The summed E-state index contributed by atoms with van der Waals surface area (Å²) in [5.41, 5.74) is 0.812. The van der Waals surface area contributed by atoms with Crippen LogP contribution < -0.4 is 14.8 Å². The number of unbranched alkanes of at least 4 members (excludes halogenated alkanes) is 9. The number of aliphatic hydroxyl groups excluding tert-OH is 1. The van der Waals surface area contributed by atoms with Crippen LogP contribution in [0.3, 0.4) is 0 Å². The average molecular weight is 550 g/mol. The highest BCUT2D eigenvalue weighted by Crippen LogP contribution is 2.45. The van der Waals surface area contributed by atoms with Crippen LogP contribution in [0.1, 0.15) is 90.5 Å². The van der Waals surface area contributed by atoms with Gasteiger partial charge in [0.15, 0.2) is 17.3 Å². The summed E-state index contributed by atoms with van der Waals surface area (Å²) in [5, 5.41) is 13.9. The molecule has 0 radical (unpaired) electrons. The van der Waals surface area contributed by atoms with Crippen molar-refractivity contribution in [2.24, 2.45) is 0 Å². The SMILES string of the molecule is CCCCCCCCCCCCOC[C@@]12O[C@@H](CNC(=O)Cc3ccc4c(c3)OCO4)[C@@H](O)[C@@H]1OC(C)(C)O2. The van der Waals surface area contributed by atoms with Gasteiger partial charge in [0, 0.05) is 13.2 Å². The summed E-state index contributed by atoms with van der Waals surface area (Å²) < 4.78 is 35.0. The van der Waals surface area contributed by atoms with Gasteiger partial charge >= 0.3 is 0 Å². The van der Waals surface area contributed by atoms with Crippen molar-refractivity contribution in [3.8, 4) is 11.5 Å². The summed E-state index contributed by atoms with van der Waals surface area (Å²) in [4.78, 5) is 12.6. The quantitative estimate of drug-likeness (QED) is 0.271. The zero-order chi connectivity index (χ0) is 27.7. The molecule has 0 saturated carbocycles. The average Bonchev–Trinajstić information content (AvgIpc) is 3.54. The number of carbonyl (C=O) groups excluding carboxylic acids is 1. The van der Waals surface area contributed by atoms with E-state index in [1.807, 2.05) is 6.07 Å². The molecule has 39 heavy (non-hydrogen) atoms. The third-order valence-corrected chi connectivity index (χ3v) is 7.55. The molecule has 220 valence electrons. The molecule has 1 aromatic carbocycles. The number of rotatable bonds is 17. The Morgan fingerprint density at radius 2 is 1.69 bits per heavy atom. The van der Waals surface area contributed by atoms with Gasteiger partial charge in [0.05, 0.1) is 6.42 Å². The van der Waals surface area contributed by atoms with Crippen LogP contribution in [0.15, 0.2) is 18.2 Å². The lowest BCUT2D eigenvalue weighted by Crippen LogP contribution is -2.45. The second-order valence-corrected chi connectivity index (χ2v) is 11.4. The standard InChI is InChI=1S/C30H47NO8/c1-4-5-6-7-8-9-10-11-12-13-16-34-20-30-28(38-29(2,3)39-30)27(33)25(37-30)19-31-26(32)18-22-14-15-23-24(17-22)36-21-35-23/h14-15,17,25,27-28,33H,4-13,16,18-21H2,1-3H3,(H,31,32)/t25-,27+,28-,30-/m0/s1. The van der Waals surface area contributed by atoms with Crippen LogP contribution in [0.2, 0.25) is 0 Å². The molecule has 2 saturated heterocycles. The maximum atomic E-state index is 12.6. The van der Waals surface area contributed by atoms with Gasteiger partial charge in [-0.05, 0) is 38.0 Å². The number of fused-ring (bicyclic) bond motifs is 2. The lowest BCUT2D eigenvalue weighted by Gasteiger charge is -2.28. The Balaban J connectivity index is 1.17. The highest BCUT2D eigenvalue weighted by molar-refractivity contribution is 5.78. The lowest BCUT2D eigenvalue weighted by atomic mass is 10.1. The van der Waals surface area contributed by atoms with Crippen molar-refractivity contribution >= 4 is 5.91 Å². The maximum absolute atomic E-state index is 12.6. The number of benzene rings is 1. The molecule has 2 N–H and O–H groups in total. The second kappa shape index (κ2) is 14.1. The van der Waals surface area contributed by atoms with Crippen LogP contribution in [-0.4, -0.2) is 67.5 Å². The topological polar surface area (TPSA) is 105 Å². The van der Waals surface area contributed by atoms with Crippen LogP contribution in [0.5, 0.6) is 11.5 Å². The zero-order valence-corrected chi connectivity index (χ0v) is 23.9. The first-order valence-electron chi connectivity index (χ1n) is 14.8. The molecule has 9 heteroatoms. The molecule has 1 amide bonds. The number of carbonyl (C=O) groups is 1. The molecule has 0 spiro atoms. The van der Waals surface area contributed by atoms with Gasteiger partial charge in [-0.3, -0.25) is 4.79 Å². The second-order valence-electron chi connectivity index (χ2n) is 11.4. The largest absolute Gasteiger partial charge is 0.454 e. The zero-order valence-electron chi connectivity index (χ0n) is 23.9. The molecule has 4 atom stereocenters. The number of hydrogen-bond donors (Lipinski definition) is 2. The first kappa shape index (κ1) is 30.1. The highest BCUT2D eigenvalue weighted by atomic mass is 16.9. The van der Waals surface area contributed by atoms with Crippen LogP contribution in [0.4, 0.5) is 0 Å². The van der Waals surface area contributed by atoms with Crippen molar-refractivity contribution in [3.05, 3.63) is 23.8 Å². The first-order chi connectivity index (χ1) is 18.8. The van der Waals surface area contributed by atoms with Gasteiger partial charge in [0.25, 0.3) is 0 Å². The van der Waals surface area contributed by atoms with E-state index in [9.17, 15) is 9.90 Å². The summed E-state index contributed by atoms with van der Waals surface area (Å²) in [6.45, 7) is 6.94. The van der Waals surface area contributed by atoms with E-state index in [1.165, 1.54) is 51.4 Å². The van der Waals surface area contributed by atoms with Crippen molar-refractivity contribution in [2.75, 3.05) is 26.6 Å². The minimum Gasteiger partial charge on any atom is -0.454 e. The first-order valence-corrected chi connectivity index (χ1v) is 14.8. The maximum Gasteiger partial charge on any atom is 0.231 e. The van der Waals surface area contributed by atoms with E-state index in [1.54, 1.807) is 26.0 Å². The predicted molar refractivity (Wildman–Crippen MR) is 146 cm³/mol. The molecule has 3 aliphatic rings. The molecule has 0 aliphatic carbocycles. The van der Waals surface area contributed by atoms with Crippen LogP contribution in [-0.2, 0) is 30.2 Å². The molecule has 2 fully saturated rings. The summed E-state index contributed by atoms with van der Waals surface area (Å²) in [5.74, 6) is -0.973. The third-order valence-electron chi connectivity index (χ3n) is 7.55. The van der Waals surface area contributed by atoms with E-state index >= 15 is 0 Å². The molecule has 0 bridgehead atoms. The van der Waals surface area contributed by atoms with E-state index in [4.69, 9.17) is 28.4 Å². The monoisotopic (exact) mass is 549 g/mol. The van der Waals surface area contributed by atoms with Crippen LogP contribution >= 0.6 is 0 Å². The van der Waals surface area contributed by atoms with Gasteiger partial charge in [-0.15, -0.1) is 0 Å². The molecular formula is C30H47NO8. The van der Waals surface area contributed by atoms with Crippen molar-refractivity contribution in [2.45, 2.75) is 121 Å². The molecular weight excluding hydrogens is 502 g/mol. The van der Waals surface area contributed by atoms with Crippen molar-refractivity contribution in [1.82, 2.24) is 5.32 Å². The molecule has 0 aromatic heterocycles. The lowest BCUT2D eigenvalue weighted by molar-refractivity contribution is -0.277. The van der Waals surface area contributed by atoms with E-state index in [0.717, 1.165) is 18.4 Å². The number of aliphatic hydroxyl groups is 1. The number of nitrogens with one attached hydrogen (secondary N) is 1. The Hall–Kier alpha value is -1.91. The minimum absolute atomic E-state index is 0.133. The van der Waals surface area contributed by atoms with Gasteiger partial charge in [-0.2, -0.15) is 0 Å². The number of hydrogen-bond acceptors (Lipinski definition) is 8. The van der Waals surface area contributed by atoms with Gasteiger partial charge in [0.1, 0.15) is 24.9 Å². The summed E-state index contributed by atoms with van der Waals surface area (Å²) >= 11 is 0. The Morgan fingerprint density at radius 1 is 1.00 bits per heavy atom. The van der Waals surface area contributed by atoms with Gasteiger partial charge < -0.3 is 38.8 Å². The van der Waals surface area contributed by atoms with E-state index in [-0.39, 0.29) is 32.3 Å². The normalized spacial score (nSPS) is 26.6. The number of amides is 1. The van der Waals surface area contributed by atoms with Gasteiger partial charge in [0.2, 0.25) is 18.5 Å². The van der Waals surface area contributed by atoms with E-state index in [0.29, 0.717) is 18.1 Å². The molecule has 1 aromatic rings. The fourth-order valence-electron chi connectivity index (χ4n) is 5.56. The third kappa shape index (κ3) is 8.30. The minimum atomic E-state index is -1.20. The Labute approximate surface area is 232 Å². The molecule has 0 unspecified atom stereocenters. The molecule has 3 aliphatic heterocycles. The highest BCUT2D eigenvalue weighted by Gasteiger charge is 2.64. The Kier molecular flexibility index (Phi) is 10.9. The van der Waals surface area contributed by atoms with E-state index < -0.39 is 29.9 Å². The van der Waals surface area contributed by atoms with Crippen molar-refractivity contribution in [3.63, 3.8) is 0 Å². The van der Waals surface area contributed by atoms with Crippen LogP contribution in [0.25, 0.3) is 0 Å². The van der Waals surface area contributed by atoms with E-state index in [2.05, 4.69) is 12.2 Å².